The Kier molecular flexibility index (Phi) is 13.5. The second-order valence-electron chi connectivity index (χ2n) is 23.4. The van der Waals surface area contributed by atoms with Crippen LogP contribution in [0.2, 0.25) is 0 Å². The van der Waals surface area contributed by atoms with Gasteiger partial charge in [-0.25, -0.2) is 0 Å². The standard InChI is InChI=1S/C53H74O8P2/c1-48(2,3)36-22-34-30-56-62(60-46(34)40(26-36)50(7,8)9)58-44-32(24-38(54-19)28-42(44)52(13,14)15)21-33-25-39(55-20)29-43(53(16,17)18)45(33)59-63-57-31-35-23-37(49(4,5)6)27-41(47(35)61-63)51(10,11)12/h22-29H,21,30-31H2,1-20H3. The Morgan fingerprint density at radius 2 is 0.762 bits per heavy atom. The molecule has 63 heavy (non-hydrogen) atoms. The van der Waals surface area contributed by atoms with E-state index >= 15 is 0 Å². The van der Waals surface area contributed by atoms with Gasteiger partial charge in [-0.3, -0.25) is 9.05 Å². The Bertz CT molecular complexity index is 2160. The van der Waals surface area contributed by atoms with Crippen molar-refractivity contribution in [2.24, 2.45) is 0 Å². The lowest BCUT2D eigenvalue weighted by Gasteiger charge is -2.34. The van der Waals surface area contributed by atoms with E-state index in [0.29, 0.717) is 31.1 Å². The Morgan fingerprint density at radius 3 is 1.05 bits per heavy atom. The number of rotatable bonds is 8. The van der Waals surface area contributed by atoms with Gasteiger partial charge in [0.2, 0.25) is 0 Å². The second kappa shape index (κ2) is 17.4. The predicted octanol–water partition coefficient (Wildman–Crippen LogP) is 15.5. The van der Waals surface area contributed by atoms with Crippen molar-refractivity contribution in [3.05, 3.63) is 104 Å². The van der Waals surface area contributed by atoms with Gasteiger partial charge in [0.25, 0.3) is 0 Å². The number of ether oxygens (including phenoxy) is 2. The summed E-state index contributed by atoms with van der Waals surface area (Å²) >= 11 is 0. The van der Waals surface area contributed by atoms with E-state index in [2.05, 4.69) is 161 Å². The van der Waals surface area contributed by atoms with Gasteiger partial charge in [-0.2, -0.15) is 0 Å². The van der Waals surface area contributed by atoms with Crippen molar-refractivity contribution in [2.75, 3.05) is 14.2 Å². The van der Waals surface area contributed by atoms with Gasteiger partial charge in [0.05, 0.1) is 27.4 Å². The number of fused-ring (bicyclic) bond motifs is 2. The minimum Gasteiger partial charge on any atom is -0.497 e. The fourth-order valence-electron chi connectivity index (χ4n) is 7.83. The van der Waals surface area contributed by atoms with E-state index < -0.39 is 17.2 Å². The van der Waals surface area contributed by atoms with Gasteiger partial charge in [0.1, 0.15) is 34.5 Å². The highest BCUT2D eigenvalue weighted by atomic mass is 31.2. The molecule has 0 aliphatic carbocycles. The summed E-state index contributed by atoms with van der Waals surface area (Å²) in [5, 5.41) is 0. The monoisotopic (exact) mass is 900 g/mol. The van der Waals surface area contributed by atoms with Crippen LogP contribution in [0.5, 0.6) is 34.5 Å². The summed E-state index contributed by atoms with van der Waals surface area (Å²) in [6.45, 7) is 40.7. The molecule has 2 aliphatic heterocycles. The molecule has 10 heteroatoms. The maximum absolute atomic E-state index is 7.05. The Morgan fingerprint density at radius 1 is 0.429 bits per heavy atom. The fraction of sp³-hybridized carbons (Fsp3) is 0.547. The number of hydrogen-bond acceptors (Lipinski definition) is 8. The summed E-state index contributed by atoms with van der Waals surface area (Å²) in [6.07, 6.45) is 0.412. The Hall–Kier alpha value is -3.54. The molecule has 0 spiro atoms. The molecular formula is C53H74O8P2. The number of methoxy groups -OCH3 is 2. The highest BCUT2D eigenvalue weighted by molar-refractivity contribution is 7.43. The lowest BCUT2D eigenvalue weighted by atomic mass is 9.79. The Balaban J connectivity index is 1.46. The lowest BCUT2D eigenvalue weighted by molar-refractivity contribution is 0.229. The molecule has 0 saturated carbocycles. The zero-order valence-corrected chi connectivity index (χ0v) is 43.7. The molecular weight excluding hydrogens is 827 g/mol. The van der Waals surface area contributed by atoms with Gasteiger partial charge in [0.15, 0.2) is 0 Å². The van der Waals surface area contributed by atoms with Crippen molar-refractivity contribution in [3.63, 3.8) is 0 Å². The minimum absolute atomic E-state index is 0.0325. The van der Waals surface area contributed by atoms with Crippen molar-refractivity contribution in [1.82, 2.24) is 0 Å². The first-order valence-corrected chi connectivity index (χ1v) is 24.4. The highest BCUT2D eigenvalue weighted by Crippen LogP contribution is 2.56. The van der Waals surface area contributed by atoms with Gasteiger partial charge in [-0.15, -0.1) is 0 Å². The first kappa shape index (κ1) is 48.9. The zero-order valence-electron chi connectivity index (χ0n) is 41.9. The third-order valence-corrected chi connectivity index (χ3v) is 13.7. The number of benzene rings is 4. The summed E-state index contributed by atoms with van der Waals surface area (Å²) in [5.41, 5.74) is 9.54. The molecule has 344 valence electrons. The quantitative estimate of drug-likeness (QED) is 0.162. The van der Waals surface area contributed by atoms with Crippen molar-refractivity contribution < 1.29 is 36.6 Å². The largest absolute Gasteiger partial charge is 0.497 e. The van der Waals surface area contributed by atoms with E-state index in [4.69, 9.17) is 36.6 Å². The van der Waals surface area contributed by atoms with Crippen LogP contribution in [0, 0.1) is 0 Å². The van der Waals surface area contributed by atoms with Crippen LogP contribution in [-0.4, -0.2) is 14.2 Å². The normalized spacial score (nSPS) is 17.3. The van der Waals surface area contributed by atoms with Crippen LogP contribution in [0.4, 0.5) is 0 Å². The molecule has 2 unspecified atom stereocenters. The van der Waals surface area contributed by atoms with E-state index in [9.17, 15) is 0 Å². The van der Waals surface area contributed by atoms with Crippen LogP contribution in [0.1, 0.15) is 180 Å². The third-order valence-electron chi connectivity index (χ3n) is 11.7. The van der Waals surface area contributed by atoms with Crippen LogP contribution in [-0.2, 0) is 61.2 Å². The summed E-state index contributed by atoms with van der Waals surface area (Å²) < 4.78 is 52.7. The lowest BCUT2D eigenvalue weighted by Crippen LogP contribution is -2.21. The summed E-state index contributed by atoms with van der Waals surface area (Å²) in [4.78, 5) is 0. The van der Waals surface area contributed by atoms with Gasteiger partial charge >= 0.3 is 17.2 Å². The molecule has 0 amide bonds. The molecule has 6 rings (SSSR count). The van der Waals surface area contributed by atoms with Crippen molar-refractivity contribution >= 4 is 17.2 Å². The van der Waals surface area contributed by atoms with Crippen LogP contribution >= 0.6 is 17.2 Å². The van der Waals surface area contributed by atoms with Gasteiger partial charge in [-0.1, -0.05) is 137 Å². The third kappa shape index (κ3) is 10.9. The molecule has 0 fully saturated rings. The second-order valence-corrected chi connectivity index (χ2v) is 25.5. The molecule has 2 heterocycles. The maximum Gasteiger partial charge on any atom is 0.463 e. The molecule has 8 nitrogen and oxygen atoms in total. The van der Waals surface area contributed by atoms with E-state index in [1.165, 1.54) is 11.1 Å². The summed E-state index contributed by atoms with van der Waals surface area (Å²) in [6, 6.07) is 17.3. The highest BCUT2D eigenvalue weighted by Gasteiger charge is 2.38. The van der Waals surface area contributed by atoms with Crippen LogP contribution < -0.4 is 27.6 Å². The average molecular weight is 901 g/mol. The van der Waals surface area contributed by atoms with E-state index in [1.807, 2.05) is 12.1 Å². The molecule has 0 N–H and O–H groups in total. The number of hydrogen-bond donors (Lipinski definition) is 0. The van der Waals surface area contributed by atoms with E-state index in [-0.39, 0.29) is 32.5 Å². The molecule has 0 bridgehead atoms. The van der Waals surface area contributed by atoms with Gasteiger partial charge in [-0.05, 0) is 80.0 Å². The van der Waals surface area contributed by atoms with Crippen molar-refractivity contribution in [3.8, 4) is 34.5 Å². The SMILES string of the molecule is COc1cc(Cc2cc(OC)cc(C(C)(C)C)c2OP2OCc3cc(C(C)(C)C)cc(C(C)(C)C)c3O2)c(OP2OCc3cc(C(C)(C)C)cc(C(C)(C)C)c3O2)c(C(C)(C)C)c1. The maximum atomic E-state index is 7.05. The first-order chi connectivity index (χ1) is 28.9. The zero-order chi connectivity index (χ0) is 46.8. The van der Waals surface area contributed by atoms with E-state index in [1.54, 1.807) is 14.2 Å². The first-order valence-electron chi connectivity index (χ1n) is 22.2. The summed E-state index contributed by atoms with van der Waals surface area (Å²) in [5.74, 6) is 4.53. The Labute approximate surface area is 382 Å². The molecule has 0 radical (unpaired) electrons. The molecule has 4 aromatic carbocycles. The molecule has 4 aromatic rings. The van der Waals surface area contributed by atoms with Crippen molar-refractivity contribution in [2.45, 2.75) is 177 Å². The van der Waals surface area contributed by atoms with Crippen LogP contribution in [0.15, 0.2) is 48.5 Å². The van der Waals surface area contributed by atoms with E-state index in [0.717, 1.165) is 67.5 Å². The van der Waals surface area contributed by atoms with Gasteiger partial charge < -0.3 is 27.6 Å². The fourth-order valence-corrected chi connectivity index (χ4v) is 10.1. The molecule has 2 atom stereocenters. The molecule has 0 aromatic heterocycles. The summed E-state index contributed by atoms with van der Waals surface area (Å²) in [7, 11) is -0.279. The van der Waals surface area contributed by atoms with Gasteiger partial charge in [0, 0.05) is 50.9 Å². The average Bonchev–Trinajstić information content (AvgIpc) is 3.15. The predicted molar refractivity (Wildman–Crippen MR) is 260 cm³/mol. The smallest absolute Gasteiger partial charge is 0.463 e. The van der Waals surface area contributed by atoms with Crippen LogP contribution in [0.3, 0.4) is 0 Å². The molecule has 2 aliphatic rings. The van der Waals surface area contributed by atoms with Crippen LogP contribution in [0.25, 0.3) is 0 Å². The van der Waals surface area contributed by atoms with Crippen molar-refractivity contribution in [1.29, 1.82) is 0 Å². The molecule has 0 saturated heterocycles. The topological polar surface area (TPSA) is 73.8 Å². The minimum atomic E-state index is -1.84.